The Bertz CT molecular complexity index is 591. The third-order valence-electron chi connectivity index (χ3n) is 4.28. The summed E-state index contributed by atoms with van der Waals surface area (Å²) in [5.74, 6) is 1.29. The first kappa shape index (κ1) is 20.2. The molecular formula is C18H27F2N3O3. The number of hydrogen-bond donors (Lipinski definition) is 1. The van der Waals surface area contributed by atoms with Crippen molar-refractivity contribution in [2.24, 2.45) is 4.99 Å². The van der Waals surface area contributed by atoms with Gasteiger partial charge in [-0.25, -0.2) is 0 Å². The fourth-order valence-corrected chi connectivity index (χ4v) is 2.99. The van der Waals surface area contributed by atoms with E-state index in [2.05, 4.69) is 19.9 Å². The third-order valence-corrected chi connectivity index (χ3v) is 4.28. The predicted octanol–water partition coefficient (Wildman–Crippen LogP) is 2.87. The maximum absolute atomic E-state index is 12.7. The van der Waals surface area contributed by atoms with Crippen LogP contribution in [0.2, 0.25) is 0 Å². The first-order chi connectivity index (χ1) is 12.6. The van der Waals surface area contributed by atoms with Crippen LogP contribution < -0.4 is 14.8 Å². The van der Waals surface area contributed by atoms with Crippen LogP contribution in [0.3, 0.4) is 0 Å². The number of likely N-dealkylation sites (tertiary alicyclic amines) is 1. The highest BCUT2D eigenvalue weighted by Gasteiger charge is 2.22. The van der Waals surface area contributed by atoms with Crippen molar-refractivity contribution in [3.63, 3.8) is 0 Å². The number of guanidine groups is 1. The maximum Gasteiger partial charge on any atom is 0.387 e. The second-order valence-corrected chi connectivity index (χ2v) is 5.89. The van der Waals surface area contributed by atoms with Crippen LogP contribution >= 0.6 is 0 Å². The lowest BCUT2D eigenvalue weighted by Crippen LogP contribution is -2.46. The van der Waals surface area contributed by atoms with Crippen LogP contribution in [0, 0.1) is 0 Å². The Morgan fingerprint density at radius 3 is 2.65 bits per heavy atom. The highest BCUT2D eigenvalue weighted by atomic mass is 19.3. The molecule has 0 aliphatic carbocycles. The van der Waals surface area contributed by atoms with E-state index in [1.54, 1.807) is 19.2 Å². The largest absolute Gasteiger partial charge is 0.497 e. The Hall–Kier alpha value is -2.09. The number of rotatable bonds is 7. The summed E-state index contributed by atoms with van der Waals surface area (Å²) in [5.41, 5.74) is 0.608. The number of hydrogen-bond acceptors (Lipinski definition) is 4. The van der Waals surface area contributed by atoms with E-state index < -0.39 is 6.61 Å². The molecule has 1 saturated heterocycles. The second-order valence-electron chi connectivity index (χ2n) is 5.89. The second kappa shape index (κ2) is 10.2. The summed E-state index contributed by atoms with van der Waals surface area (Å²) in [4.78, 5) is 6.44. The molecule has 0 atom stereocenters. The minimum atomic E-state index is -2.89. The Morgan fingerprint density at radius 1 is 1.35 bits per heavy atom. The quantitative estimate of drug-likeness (QED) is 0.590. The molecule has 1 aliphatic rings. The van der Waals surface area contributed by atoms with Crippen molar-refractivity contribution in [1.82, 2.24) is 10.2 Å². The van der Waals surface area contributed by atoms with Gasteiger partial charge in [-0.15, -0.1) is 0 Å². The molecule has 0 bridgehead atoms. The average molecular weight is 371 g/mol. The molecule has 1 fully saturated rings. The van der Waals surface area contributed by atoms with Gasteiger partial charge in [-0.3, -0.25) is 4.99 Å². The van der Waals surface area contributed by atoms with Gasteiger partial charge in [0.15, 0.2) is 5.96 Å². The summed E-state index contributed by atoms with van der Waals surface area (Å²) in [6.45, 7) is 1.84. The fourth-order valence-electron chi connectivity index (χ4n) is 2.99. The molecule has 0 amide bonds. The molecule has 1 N–H and O–H groups in total. The van der Waals surface area contributed by atoms with Gasteiger partial charge in [-0.05, 0) is 31.9 Å². The third kappa shape index (κ3) is 5.72. The van der Waals surface area contributed by atoms with Gasteiger partial charge in [0.2, 0.25) is 0 Å². The van der Waals surface area contributed by atoms with Crippen LogP contribution in [0.4, 0.5) is 8.78 Å². The van der Waals surface area contributed by atoms with Crippen LogP contribution in [0.15, 0.2) is 23.2 Å². The monoisotopic (exact) mass is 371 g/mol. The average Bonchev–Trinajstić information content (AvgIpc) is 2.64. The minimum absolute atomic E-state index is 0.0948. The van der Waals surface area contributed by atoms with Gasteiger partial charge in [0.25, 0.3) is 0 Å². The standard InChI is InChI=1S/C18H27F2N3O3/c1-4-25-14-7-9-23(10-8-14)18(21-2)22-12-13-5-6-15(24-3)11-16(13)26-17(19)20/h5-6,11,14,17H,4,7-10,12H2,1-3H3,(H,21,22). The molecule has 1 aromatic carbocycles. The van der Waals surface area contributed by atoms with Crippen molar-refractivity contribution >= 4 is 5.96 Å². The predicted molar refractivity (Wildman–Crippen MR) is 96.0 cm³/mol. The van der Waals surface area contributed by atoms with E-state index in [0.717, 1.165) is 38.5 Å². The van der Waals surface area contributed by atoms with Crippen molar-refractivity contribution in [1.29, 1.82) is 0 Å². The summed E-state index contributed by atoms with van der Waals surface area (Å²) >= 11 is 0. The van der Waals surface area contributed by atoms with Gasteiger partial charge in [-0.2, -0.15) is 8.78 Å². The zero-order valence-electron chi connectivity index (χ0n) is 15.5. The minimum Gasteiger partial charge on any atom is -0.497 e. The number of methoxy groups -OCH3 is 1. The molecule has 26 heavy (non-hydrogen) atoms. The van der Waals surface area contributed by atoms with Crippen molar-refractivity contribution in [3.8, 4) is 11.5 Å². The molecule has 6 nitrogen and oxygen atoms in total. The molecule has 0 aromatic heterocycles. The Labute approximate surface area is 153 Å². The zero-order chi connectivity index (χ0) is 18.9. The molecule has 8 heteroatoms. The van der Waals surface area contributed by atoms with E-state index in [4.69, 9.17) is 9.47 Å². The number of aliphatic imine (C=N–C) groups is 1. The van der Waals surface area contributed by atoms with Crippen molar-refractivity contribution in [2.75, 3.05) is 33.9 Å². The number of halogens is 2. The van der Waals surface area contributed by atoms with Crippen LogP contribution in [-0.2, 0) is 11.3 Å². The van der Waals surface area contributed by atoms with E-state index in [1.165, 1.54) is 13.2 Å². The molecule has 1 aromatic rings. The molecule has 2 rings (SSSR count). The molecule has 0 spiro atoms. The zero-order valence-corrected chi connectivity index (χ0v) is 15.5. The summed E-state index contributed by atoms with van der Waals surface area (Å²) in [6.07, 6.45) is 2.18. The van der Waals surface area contributed by atoms with E-state index in [1.807, 2.05) is 6.92 Å². The van der Waals surface area contributed by atoms with E-state index in [0.29, 0.717) is 24.0 Å². The molecular weight excluding hydrogens is 344 g/mol. The van der Waals surface area contributed by atoms with Crippen molar-refractivity contribution in [3.05, 3.63) is 23.8 Å². The Morgan fingerprint density at radius 2 is 2.08 bits per heavy atom. The topological polar surface area (TPSA) is 55.3 Å². The summed E-state index contributed by atoms with van der Waals surface area (Å²) in [6, 6.07) is 4.88. The normalized spacial score (nSPS) is 16.1. The van der Waals surface area contributed by atoms with Gasteiger partial charge >= 0.3 is 6.61 Å². The van der Waals surface area contributed by atoms with Crippen LogP contribution in [0.5, 0.6) is 11.5 Å². The maximum atomic E-state index is 12.7. The SMILES string of the molecule is CCOC1CCN(C(=NC)NCc2ccc(OC)cc2OC(F)F)CC1. The lowest BCUT2D eigenvalue weighted by Gasteiger charge is -2.34. The van der Waals surface area contributed by atoms with E-state index in [-0.39, 0.29) is 5.75 Å². The molecule has 1 aliphatic heterocycles. The molecule has 146 valence electrons. The number of nitrogens with zero attached hydrogens (tertiary/aromatic N) is 2. The number of nitrogens with one attached hydrogen (secondary N) is 1. The summed E-state index contributed by atoms with van der Waals surface area (Å²) < 4.78 is 40.7. The number of alkyl halides is 2. The summed E-state index contributed by atoms with van der Waals surface area (Å²) in [5, 5.41) is 3.22. The number of piperidine rings is 1. The highest BCUT2D eigenvalue weighted by Crippen LogP contribution is 2.26. The van der Waals surface area contributed by atoms with Gasteiger partial charge < -0.3 is 24.4 Å². The van der Waals surface area contributed by atoms with Gasteiger partial charge in [0.1, 0.15) is 11.5 Å². The summed E-state index contributed by atoms with van der Waals surface area (Å²) in [7, 11) is 3.19. The van der Waals surface area contributed by atoms with Crippen LogP contribution in [0.25, 0.3) is 0 Å². The Balaban J connectivity index is 1.98. The molecule has 0 unspecified atom stereocenters. The molecule has 0 saturated carbocycles. The first-order valence-electron chi connectivity index (χ1n) is 8.76. The molecule has 1 heterocycles. The Kier molecular flexibility index (Phi) is 7.90. The van der Waals surface area contributed by atoms with E-state index in [9.17, 15) is 8.78 Å². The lowest BCUT2D eigenvalue weighted by molar-refractivity contribution is -0.0505. The number of benzene rings is 1. The van der Waals surface area contributed by atoms with Crippen molar-refractivity contribution in [2.45, 2.75) is 39.0 Å². The van der Waals surface area contributed by atoms with E-state index >= 15 is 0 Å². The number of ether oxygens (including phenoxy) is 3. The highest BCUT2D eigenvalue weighted by molar-refractivity contribution is 5.80. The van der Waals surface area contributed by atoms with Gasteiger partial charge in [0, 0.05) is 44.9 Å². The lowest BCUT2D eigenvalue weighted by atomic mass is 10.1. The van der Waals surface area contributed by atoms with Crippen LogP contribution in [-0.4, -0.2) is 57.4 Å². The first-order valence-corrected chi connectivity index (χ1v) is 8.76. The van der Waals surface area contributed by atoms with Gasteiger partial charge in [0.05, 0.1) is 13.2 Å². The van der Waals surface area contributed by atoms with Crippen LogP contribution in [0.1, 0.15) is 25.3 Å². The van der Waals surface area contributed by atoms with Gasteiger partial charge in [-0.1, -0.05) is 0 Å². The smallest absolute Gasteiger partial charge is 0.387 e. The fraction of sp³-hybridized carbons (Fsp3) is 0.611. The molecule has 0 radical (unpaired) electrons. The van der Waals surface area contributed by atoms with Crippen molar-refractivity contribution < 1.29 is 23.0 Å².